The molecule has 0 bridgehead atoms. The van der Waals surface area contributed by atoms with Crippen LogP contribution in [0.4, 0.5) is 14.6 Å². The number of ether oxygens (including phenoxy) is 1. The minimum atomic E-state index is -0.580. The number of aromatic nitrogens is 5. The maximum Gasteiger partial charge on any atom is 0.270 e. The summed E-state index contributed by atoms with van der Waals surface area (Å²) in [5.74, 6) is -0.935. The summed E-state index contributed by atoms with van der Waals surface area (Å²) in [5, 5.41) is 6.84. The normalized spacial score (nSPS) is 16.9. The van der Waals surface area contributed by atoms with Crippen molar-refractivity contribution in [1.29, 1.82) is 0 Å². The number of rotatable bonds is 13. The zero-order chi connectivity index (χ0) is 29.3. The first kappa shape index (κ1) is 29.5. The summed E-state index contributed by atoms with van der Waals surface area (Å²) in [6.07, 6.45) is 13.8. The summed E-state index contributed by atoms with van der Waals surface area (Å²) in [6.45, 7) is 3.71. The van der Waals surface area contributed by atoms with E-state index in [4.69, 9.17) is 4.74 Å². The van der Waals surface area contributed by atoms with Gasteiger partial charge in [0.1, 0.15) is 17.2 Å². The summed E-state index contributed by atoms with van der Waals surface area (Å²) in [5.41, 5.74) is 2.53. The van der Waals surface area contributed by atoms with Gasteiger partial charge in [-0.2, -0.15) is 0 Å². The topological polar surface area (TPSA) is 118 Å². The first-order valence-corrected chi connectivity index (χ1v) is 14.8. The van der Waals surface area contributed by atoms with E-state index in [1.807, 2.05) is 12.1 Å². The van der Waals surface area contributed by atoms with Crippen LogP contribution in [-0.4, -0.2) is 56.1 Å². The zero-order valence-corrected chi connectivity index (χ0v) is 23.8. The van der Waals surface area contributed by atoms with E-state index in [0.717, 1.165) is 82.5 Å². The Morgan fingerprint density at radius 3 is 2.83 bits per heavy atom. The molecule has 9 nitrogen and oxygen atoms in total. The van der Waals surface area contributed by atoms with Crippen LogP contribution in [0.1, 0.15) is 74.3 Å². The van der Waals surface area contributed by atoms with E-state index in [1.54, 1.807) is 12.4 Å². The molecule has 42 heavy (non-hydrogen) atoms. The molecular formula is C31H37F2N7O2. The zero-order valence-electron chi connectivity index (χ0n) is 23.8. The molecule has 4 aromatic rings. The van der Waals surface area contributed by atoms with Crippen LogP contribution in [0.3, 0.4) is 0 Å². The molecule has 0 unspecified atom stereocenters. The molecule has 3 N–H and O–H groups in total. The third kappa shape index (κ3) is 7.64. The molecular weight excluding hydrogens is 540 g/mol. The third-order valence-electron chi connectivity index (χ3n) is 7.49. The number of halogens is 2. The lowest BCUT2D eigenvalue weighted by atomic mass is 9.90. The highest BCUT2D eigenvalue weighted by atomic mass is 19.1. The molecule has 0 aliphatic heterocycles. The van der Waals surface area contributed by atoms with Crippen molar-refractivity contribution in [1.82, 2.24) is 30.2 Å². The van der Waals surface area contributed by atoms with Crippen molar-refractivity contribution in [3.8, 4) is 11.4 Å². The molecule has 0 saturated heterocycles. The molecule has 1 aliphatic carbocycles. The molecule has 1 amide bonds. The smallest absolute Gasteiger partial charge is 0.270 e. The van der Waals surface area contributed by atoms with E-state index in [-0.39, 0.29) is 29.6 Å². The van der Waals surface area contributed by atoms with Crippen LogP contribution < -0.4 is 10.6 Å². The number of aromatic amines is 1. The van der Waals surface area contributed by atoms with Crippen molar-refractivity contribution in [2.45, 2.75) is 76.8 Å². The van der Waals surface area contributed by atoms with Crippen LogP contribution in [-0.2, 0) is 11.2 Å². The van der Waals surface area contributed by atoms with Gasteiger partial charge < -0.3 is 20.4 Å². The molecule has 1 aliphatic rings. The molecule has 11 heteroatoms. The highest BCUT2D eigenvalue weighted by molar-refractivity contribution is 5.93. The number of amides is 1. The van der Waals surface area contributed by atoms with Gasteiger partial charge in [-0.1, -0.05) is 13.3 Å². The third-order valence-corrected chi connectivity index (χ3v) is 7.49. The van der Waals surface area contributed by atoms with Crippen LogP contribution in [0.25, 0.3) is 22.4 Å². The number of hydrogen-bond donors (Lipinski definition) is 3. The number of H-pyrrole nitrogens is 1. The maximum atomic E-state index is 14.7. The number of nitrogens with one attached hydrogen (secondary N) is 3. The van der Waals surface area contributed by atoms with Crippen molar-refractivity contribution < 1.29 is 18.3 Å². The summed E-state index contributed by atoms with van der Waals surface area (Å²) in [6, 6.07) is 5.00. The van der Waals surface area contributed by atoms with Crippen molar-refractivity contribution >= 4 is 22.8 Å². The number of nitrogens with zero attached hydrogens (tertiary/aromatic N) is 4. The SMILES string of the molecule is CCCOCCCCCc1ccnc(C(=O)N[C@@H]2CCC[C@H](Nc3nc(-c4c[nH]c5ncc(F)cc45)ncc3F)C2)c1. The van der Waals surface area contributed by atoms with E-state index in [1.165, 1.54) is 6.07 Å². The fourth-order valence-electron chi connectivity index (χ4n) is 5.38. The van der Waals surface area contributed by atoms with Crippen LogP contribution in [0, 0.1) is 11.6 Å². The average Bonchev–Trinajstić information content (AvgIpc) is 3.41. The fraction of sp³-hybridized carbons (Fsp3) is 0.452. The van der Waals surface area contributed by atoms with Gasteiger partial charge in [0.15, 0.2) is 17.5 Å². The van der Waals surface area contributed by atoms with Crippen LogP contribution in [0.5, 0.6) is 0 Å². The quantitative estimate of drug-likeness (QED) is 0.167. The highest BCUT2D eigenvalue weighted by Crippen LogP contribution is 2.28. The molecule has 4 aromatic heterocycles. The van der Waals surface area contributed by atoms with Crippen LogP contribution >= 0.6 is 0 Å². The minimum Gasteiger partial charge on any atom is -0.381 e. The second-order valence-corrected chi connectivity index (χ2v) is 10.8. The molecule has 1 fully saturated rings. The summed E-state index contributed by atoms with van der Waals surface area (Å²) < 4.78 is 34.1. The largest absolute Gasteiger partial charge is 0.381 e. The first-order chi connectivity index (χ1) is 20.5. The minimum absolute atomic E-state index is 0.0713. The van der Waals surface area contributed by atoms with Gasteiger partial charge >= 0.3 is 0 Å². The Balaban J connectivity index is 1.16. The predicted molar refractivity (Wildman–Crippen MR) is 157 cm³/mol. The van der Waals surface area contributed by atoms with Crippen molar-refractivity contribution in [3.63, 3.8) is 0 Å². The summed E-state index contributed by atoms with van der Waals surface area (Å²) >= 11 is 0. The van der Waals surface area contributed by atoms with E-state index in [2.05, 4.69) is 42.5 Å². The lowest BCUT2D eigenvalue weighted by Crippen LogP contribution is -2.42. The molecule has 0 aromatic carbocycles. The van der Waals surface area contributed by atoms with Crippen LogP contribution in [0.2, 0.25) is 0 Å². The van der Waals surface area contributed by atoms with Gasteiger partial charge in [0.05, 0.1) is 12.4 Å². The Morgan fingerprint density at radius 2 is 1.95 bits per heavy atom. The monoisotopic (exact) mass is 577 g/mol. The molecule has 2 atom stereocenters. The van der Waals surface area contributed by atoms with E-state index in [0.29, 0.717) is 28.7 Å². The van der Waals surface area contributed by atoms with Gasteiger partial charge in [0, 0.05) is 48.6 Å². The number of anilines is 1. The number of unbranched alkanes of at least 4 members (excludes halogenated alkanes) is 2. The van der Waals surface area contributed by atoms with Crippen molar-refractivity contribution in [2.75, 3.05) is 18.5 Å². The Hall–Kier alpha value is -3.99. The van der Waals surface area contributed by atoms with Gasteiger partial charge in [0.25, 0.3) is 5.91 Å². The molecule has 4 heterocycles. The van der Waals surface area contributed by atoms with Gasteiger partial charge in [-0.25, -0.2) is 23.7 Å². The van der Waals surface area contributed by atoms with E-state index in [9.17, 15) is 13.6 Å². The first-order valence-electron chi connectivity index (χ1n) is 14.8. The number of aryl methyl sites for hydroxylation is 1. The number of pyridine rings is 2. The lowest BCUT2D eigenvalue weighted by Gasteiger charge is -2.30. The summed E-state index contributed by atoms with van der Waals surface area (Å²) in [4.78, 5) is 32.9. The predicted octanol–water partition coefficient (Wildman–Crippen LogP) is 5.99. The van der Waals surface area contributed by atoms with E-state index >= 15 is 0 Å². The Bertz CT molecular complexity index is 1500. The van der Waals surface area contributed by atoms with Gasteiger partial charge in [-0.05, 0) is 75.1 Å². The van der Waals surface area contributed by atoms with Gasteiger partial charge in [0.2, 0.25) is 0 Å². The standard InChI is InChI=1S/C31H37F2N7O2/c1-2-12-42-13-5-3-4-7-20-10-11-34-27(14-20)31(41)39-23-9-6-8-22(16-23)38-30-26(33)19-37-29(40-30)25-18-36-28-24(25)15-21(32)17-35-28/h10-11,14-15,17-19,22-23H,2-9,12-13,16H2,1H3,(H,35,36)(H,39,41)(H,37,38,40)/t22-,23+/m0/s1. The van der Waals surface area contributed by atoms with E-state index < -0.39 is 11.6 Å². The Labute approximate surface area is 243 Å². The highest BCUT2D eigenvalue weighted by Gasteiger charge is 2.25. The number of fused-ring (bicyclic) bond motifs is 1. The molecule has 0 radical (unpaired) electrons. The summed E-state index contributed by atoms with van der Waals surface area (Å²) in [7, 11) is 0. The second kappa shape index (κ2) is 14.3. The number of carbonyl (C=O) groups is 1. The fourth-order valence-corrected chi connectivity index (χ4v) is 5.38. The lowest BCUT2D eigenvalue weighted by molar-refractivity contribution is 0.0921. The molecule has 0 spiro atoms. The number of carbonyl (C=O) groups excluding carboxylic acids is 1. The van der Waals surface area contributed by atoms with Gasteiger partial charge in [-0.15, -0.1) is 0 Å². The van der Waals surface area contributed by atoms with Crippen molar-refractivity contribution in [3.05, 3.63) is 65.9 Å². The average molecular weight is 578 g/mol. The Morgan fingerprint density at radius 1 is 1.07 bits per heavy atom. The molecule has 1 saturated carbocycles. The molecule has 222 valence electrons. The number of hydrogen-bond acceptors (Lipinski definition) is 7. The Kier molecular flexibility index (Phi) is 10.0. The second-order valence-electron chi connectivity index (χ2n) is 10.8. The molecule has 5 rings (SSSR count). The van der Waals surface area contributed by atoms with Gasteiger partial charge in [-0.3, -0.25) is 9.78 Å². The van der Waals surface area contributed by atoms with Crippen LogP contribution in [0.15, 0.2) is 43.0 Å². The van der Waals surface area contributed by atoms with Crippen molar-refractivity contribution in [2.24, 2.45) is 0 Å². The maximum absolute atomic E-state index is 14.7.